The number of piperidine rings is 3. The molecule has 3 N–H and O–H groups in total. The number of nitrogens with zero attached hydrogens (tertiary/aromatic N) is 5. The Morgan fingerprint density at radius 1 is 0.870 bits per heavy atom. The van der Waals surface area contributed by atoms with E-state index in [0.29, 0.717) is 47.7 Å². The number of aryl methyl sites for hydroxylation is 1. The fourth-order valence-corrected chi connectivity index (χ4v) is 9.69. The number of amides is 4. The number of phenols is 1. The number of rotatable bonds is 6. The summed E-state index contributed by atoms with van der Waals surface area (Å²) in [5.74, 6) is -2.79. The molecule has 4 fully saturated rings. The van der Waals surface area contributed by atoms with Crippen molar-refractivity contribution in [2.75, 3.05) is 43.6 Å². The van der Waals surface area contributed by atoms with Crippen molar-refractivity contribution in [3.05, 3.63) is 69.9 Å². The number of carbonyl (C=O) groups excluding carboxylic acids is 4. The van der Waals surface area contributed by atoms with E-state index in [2.05, 4.69) is 10.2 Å². The number of aromatic nitrogens is 2. The maximum absolute atomic E-state index is 15.8. The van der Waals surface area contributed by atoms with Crippen LogP contribution in [0.25, 0.3) is 21.8 Å². The van der Waals surface area contributed by atoms with Gasteiger partial charge >= 0.3 is 15.9 Å². The number of hydrogen-bond donors (Lipinski definition) is 3. The average molecular weight is 762 g/mol. The minimum atomic E-state index is -4.33. The second kappa shape index (κ2) is 13.5. The lowest BCUT2D eigenvalue weighted by molar-refractivity contribution is -0.136. The number of imidazole rings is 1. The third-order valence-corrected chi connectivity index (χ3v) is 12.9. The number of phenolic OH excluding ortho intramolecular Hbond substituents is 1. The molecule has 3 aromatic carbocycles. The van der Waals surface area contributed by atoms with Crippen LogP contribution >= 0.6 is 0 Å². The Labute approximate surface area is 309 Å². The first-order valence-corrected chi connectivity index (χ1v) is 19.6. The van der Waals surface area contributed by atoms with Gasteiger partial charge in [-0.25, -0.2) is 18.2 Å². The lowest BCUT2D eigenvalue weighted by atomic mass is 9.88. The van der Waals surface area contributed by atoms with E-state index in [1.807, 2.05) is 29.2 Å². The molecule has 284 valence electrons. The molecule has 5 heterocycles. The van der Waals surface area contributed by atoms with E-state index in [0.717, 1.165) is 42.6 Å². The summed E-state index contributed by atoms with van der Waals surface area (Å²) in [6.07, 6.45) is 3.48. The van der Waals surface area contributed by atoms with Crippen LogP contribution < -0.4 is 20.0 Å². The molecular weight excluding hydrogens is 722 g/mol. The first kappa shape index (κ1) is 35.7. The molecule has 8 rings (SSSR count). The number of benzene rings is 3. The van der Waals surface area contributed by atoms with E-state index >= 15 is 4.39 Å². The summed E-state index contributed by atoms with van der Waals surface area (Å²) < 4.78 is 45.9. The summed E-state index contributed by atoms with van der Waals surface area (Å²) >= 11 is 0. The van der Waals surface area contributed by atoms with Crippen LogP contribution in [0.2, 0.25) is 0 Å². The summed E-state index contributed by atoms with van der Waals surface area (Å²) in [4.78, 5) is 66.6. The summed E-state index contributed by atoms with van der Waals surface area (Å²) in [5.41, 5.74) is 2.45. The van der Waals surface area contributed by atoms with Gasteiger partial charge in [0.25, 0.3) is 5.91 Å². The summed E-state index contributed by atoms with van der Waals surface area (Å²) in [6, 6.07) is 11.6. The Bertz CT molecular complexity index is 2410. The maximum Gasteiger partial charge on any atom is 0.329 e. The Morgan fingerprint density at radius 2 is 1.54 bits per heavy atom. The van der Waals surface area contributed by atoms with Crippen molar-refractivity contribution in [2.24, 2.45) is 7.05 Å². The molecule has 4 amide bonds. The van der Waals surface area contributed by atoms with Gasteiger partial charge in [-0.2, -0.15) is 8.42 Å². The van der Waals surface area contributed by atoms with Gasteiger partial charge in [-0.15, -0.1) is 0 Å². The van der Waals surface area contributed by atoms with Crippen molar-refractivity contribution in [3.63, 3.8) is 0 Å². The number of carbonyl (C=O) groups is 4. The largest absolute Gasteiger partial charge is 0.506 e. The Kier molecular flexibility index (Phi) is 8.95. The van der Waals surface area contributed by atoms with Gasteiger partial charge in [-0.05, 0) is 97.8 Å². The fourth-order valence-electron chi connectivity index (χ4n) is 8.52. The van der Waals surface area contributed by atoms with Crippen molar-refractivity contribution < 1.29 is 37.1 Å². The zero-order chi connectivity index (χ0) is 38.1. The van der Waals surface area contributed by atoms with Crippen LogP contribution in [0.1, 0.15) is 67.5 Å². The zero-order valence-electron chi connectivity index (χ0n) is 29.6. The van der Waals surface area contributed by atoms with E-state index in [-0.39, 0.29) is 47.6 Å². The van der Waals surface area contributed by atoms with Gasteiger partial charge in [0, 0.05) is 31.9 Å². The van der Waals surface area contributed by atoms with E-state index in [9.17, 15) is 37.5 Å². The van der Waals surface area contributed by atoms with Gasteiger partial charge in [0.05, 0.1) is 17.6 Å². The minimum Gasteiger partial charge on any atom is -0.506 e. The molecule has 1 atom stereocenters. The van der Waals surface area contributed by atoms with E-state index in [1.54, 1.807) is 28.5 Å². The maximum atomic E-state index is 15.8. The number of likely N-dealkylation sites (tertiary alicyclic amines) is 2. The first-order valence-electron chi connectivity index (χ1n) is 18.1. The average Bonchev–Trinajstić information content (AvgIpc) is 3.56. The Morgan fingerprint density at radius 3 is 2.20 bits per heavy atom. The summed E-state index contributed by atoms with van der Waals surface area (Å²) in [6.45, 7) is 2.24. The van der Waals surface area contributed by atoms with Crippen LogP contribution in [0.4, 0.5) is 10.1 Å². The molecule has 54 heavy (non-hydrogen) atoms. The van der Waals surface area contributed by atoms with Crippen LogP contribution in [0.3, 0.4) is 0 Å². The normalized spacial score (nSPS) is 21.6. The fraction of sp³-hybridized carbons (Fsp3) is 0.432. The lowest BCUT2D eigenvalue weighted by Crippen LogP contribution is -2.45. The molecule has 0 spiro atoms. The van der Waals surface area contributed by atoms with Crippen LogP contribution in [0.15, 0.2) is 47.3 Å². The standard InChI is InChI=1S/C37H40FN7O8S/c1-41-29-17-24(4-5-27(29)45(37(41)51)28-6-7-31(47)39-36(28)50)21-8-12-42(13-9-21)20-33(49)43-14-10-22(11-15-43)23-2-3-25-18-30(46)35(34(38)26(25)16-23)44-19-32(48)40-54(44,52)53/h2-5,16-18,21-22,28,46H,6-15,19-20H2,1H3,(H,40,48)(H,39,47,50). The van der Waals surface area contributed by atoms with Crippen molar-refractivity contribution >= 4 is 61.3 Å². The Balaban J connectivity index is 0.876. The number of nitrogens with one attached hydrogen (secondary N) is 2. The van der Waals surface area contributed by atoms with Crippen molar-refractivity contribution in [3.8, 4) is 5.75 Å². The SMILES string of the molecule is Cn1c(=O)n(C2CCC(=O)NC2=O)c2ccc(C3CCN(CC(=O)N4CCC(c5ccc6cc(O)c(N7CC(=O)NS7(=O)=O)c(F)c6c5)CC4)CC3)cc21. The molecule has 0 radical (unpaired) electrons. The highest BCUT2D eigenvalue weighted by Gasteiger charge is 2.38. The molecule has 4 aromatic rings. The monoisotopic (exact) mass is 761 g/mol. The number of hydrogen-bond acceptors (Lipinski definition) is 9. The van der Waals surface area contributed by atoms with Crippen molar-refractivity contribution in [1.29, 1.82) is 0 Å². The topological polar surface area (TPSA) is 183 Å². The molecule has 15 nitrogen and oxygen atoms in total. The second-order valence-electron chi connectivity index (χ2n) is 14.7. The van der Waals surface area contributed by atoms with Gasteiger partial charge in [-0.3, -0.25) is 38.5 Å². The summed E-state index contributed by atoms with van der Waals surface area (Å²) in [7, 11) is -2.64. The first-order chi connectivity index (χ1) is 25.8. The Hall–Kier alpha value is -5.29. The molecular formula is C37H40FN7O8S. The number of anilines is 1. The van der Waals surface area contributed by atoms with Gasteiger partial charge in [0.2, 0.25) is 17.7 Å². The van der Waals surface area contributed by atoms with E-state index < -0.39 is 51.9 Å². The van der Waals surface area contributed by atoms with Crippen LogP contribution in [0.5, 0.6) is 5.75 Å². The van der Waals surface area contributed by atoms with Crippen LogP contribution in [0, 0.1) is 5.82 Å². The highest BCUT2D eigenvalue weighted by molar-refractivity contribution is 7.92. The highest BCUT2D eigenvalue weighted by Crippen LogP contribution is 2.40. The molecule has 0 saturated carbocycles. The van der Waals surface area contributed by atoms with Crippen molar-refractivity contribution in [1.82, 2.24) is 29.0 Å². The number of aromatic hydroxyl groups is 1. The quantitative estimate of drug-likeness (QED) is 0.248. The van der Waals surface area contributed by atoms with Gasteiger partial charge in [-0.1, -0.05) is 18.2 Å². The third-order valence-electron chi connectivity index (χ3n) is 11.5. The highest BCUT2D eigenvalue weighted by atomic mass is 32.2. The smallest absolute Gasteiger partial charge is 0.329 e. The molecule has 4 aliphatic rings. The van der Waals surface area contributed by atoms with E-state index in [4.69, 9.17) is 0 Å². The lowest BCUT2D eigenvalue weighted by Gasteiger charge is -2.36. The van der Waals surface area contributed by atoms with Crippen LogP contribution in [-0.2, 0) is 36.4 Å². The zero-order valence-corrected chi connectivity index (χ0v) is 30.4. The molecule has 1 aromatic heterocycles. The molecule has 4 saturated heterocycles. The van der Waals surface area contributed by atoms with Gasteiger partial charge in [0.15, 0.2) is 5.82 Å². The predicted octanol–water partition coefficient (Wildman–Crippen LogP) is 2.08. The predicted molar refractivity (Wildman–Crippen MR) is 196 cm³/mol. The van der Waals surface area contributed by atoms with Gasteiger partial charge in [0.1, 0.15) is 24.0 Å². The van der Waals surface area contributed by atoms with Gasteiger partial charge < -0.3 is 10.0 Å². The minimum absolute atomic E-state index is 0.0439. The van der Waals surface area contributed by atoms with E-state index in [1.165, 1.54) is 10.6 Å². The summed E-state index contributed by atoms with van der Waals surface area (Å²) in [5, 5.41) is 13.4. The molecule has 0 bridgehead atoms. The molecule has 0 aliphatic carbocycles. The molecule has 17 heteroatoms. The van der Waals surface area contributed by atoms with Crippen molar-refractivity contribution in [2.45, 2.75) is 56.4 Å². The number of halogens is 1. The molecule has 4 aliphatic heterocycles. The third kappa shape index (κ3) is 6.28. The molecule has 1 unspecified atom stereocenters. The number of fused-ring (bicyclic) bond motifs is 2. The number of imide groups is 1. The van der Waals surface area contributed by atoms with Crippen LogP contribution in [-0.4, -0.2) is 95.4 Å². The second-order valence-corrected chi connectivity index (χ2v) is 16.3.